The van der Waals surface area contributed by atoms with E-state index in [1.807, 2.05) is 18.2 Å². The van der Waals surface area contributed by atoms with Gasteiger partial charge in [0.2, 0.25) is 5.75 Å². The molecule has 1 rings (SSSR count). The molecule has 0 unspecified atom stereocenters. The Kier molecular flexibility index (Phi) is 15.6. The molecular formula is C25H44O3. The zero-order valence-electron chi connectivity index (χ0n) is 18.8. The number of ether oxygens (including phenoxy) is 3. The first-order chi connectivity index (χ1) is 13.8. The van der Waals surface area contributed by atoms with Gasteiger partial charge in [-0.2, -0.15) is 0 Å². The van der Waals surface area contributed by atoms with Crippen LogP contribution in [-0.4, -0.2) is 20.3 Å². The summed E-state index contributed by atoms with van der Waals surface area (Å²) in [6.07, 6.45) is 18.0. The maximum Gasteiger partial charge on any atom is 0.203 e. The maximum absolute atomic E-state index is 6.06. The summed E-state index contributed by atoms with van der Waals surface area (Å²) in [4.78, 5) is 0. The molecule has 0 amide bonds. The summed E-state index contributed by atoms with van der Waals surface area (Å²) in [5.41, 5.74) is 0. The van der Waals surface area contributed by atoms with Crippen molar-refractivity contribution in [2.24, 2.45) is 0 Å². The second-order valence-corrected chi connectivity index (χ2v) is 7.73. The molecule has 3 heteroatoms. The molecule has 162 valence electrons. The molecular weight excluding hydrogens is 348 g/mol. The van der Waals surface area contributed by atoms with E-state index in [0.29, 0.717) is 0 Å². The molecule has 0 fully saturated rings. The van der Waals surface area contributed by atoms with E-state index >= 15 is 0 Å². The van der Waals surface area contributed by atoms with Crippen LogP contribution in [0.25, 0.3) is 0 Å². The molecule has 0 saturated heterocycles. The highest BCUT2D eigenvalue weighted by atomic mass is 16.5. The molecule has 28 heavy (non-hydrogen) atoms. The van der Waals surface area contributed by atoms with E-state index in [1.54, 1.807) is 7.11 Å². The molecule has 0 radical (unpaired) electrons. The molecule has 1 aromatic rings. The smallest absolute Gasteiger partial charge is 0.203 e. The van der Waals surface area contributed by atoms with E-state index < -0.39 is 0 Å². The molecule has 0 saturated carbocycles. The monoisotopic (exact) mass is 392 g/mol. The maximum atomic E-state index is 6.06. The topological polar surface area (TPSA) is 27.7 Å². The van der Waals surface area contributed by atoms with Gasteiger partial charge in [0.05, 0.1) is 20.3 Å². The quantitative estimate of drug-likeness (QED) is 0.223. The second kappa shape index (κ2) is 17.7. The first kappa shape index (κ1) is 24.7. The Hall–Kier alpha value is -1.38. The van der Waals surface area contributed by atoms with E-state index in [9.17, 15) is 0 Å². The van der Waals surface area contributed by atoms with Crippen molar-refractivity contribution in [1.82, 2.24) is 0 Å². The third-order valence-electron chi connectivity index (χ3n) is 5.16. The summed E-state index contributed by atoms with van der Waals surface area (Å²) in [5.74, 6) is 2.34. The Labute approximate surface area is 174 Å². The summed E-state index contributed by atoms with van der Waals surface area (Å²) in [6.45, 7) is 5.99. The third kappa shape index (κ3) is 11.5. The lowest BCUT2D eigenvalue weighted by atomic mass is 10.1. The number of hydrogen-bond acceptors (Lipinski definition) is 3. The minimum atomic E-state index is 0.724. The number of para-hydroxylation sites is 1. The molecule has 0 aromatic heterocycles. The molecule has 0 N–H and O–H groups in total. The fourth-order valence-electron chi connectivity index (χ4n) is 3.39. The molecule has 0 bridgehead atoms. The summed E-state index contributed by atoms with van der Waals surface area (Å²) in [7, 11) is 1.69. The highest BCUT2D eigenvalue weighted by Crippen LogP contribution is 2.37. The number of methoxy groups -OCH3 is 1. The van der Waals surface area contributed by atoms with E-state index in [-0.39, 0.29) is 0 Å². The Morgan fingerprint density at radius 3 is 1.57 bits per heavy atom. The van der Waals surface area contributed by atoms with Gasteiger partial charge in [-0.05, 0) is 25.0 Å². The zero-order valence-corrected chi connectivity index (χ0v) is 18.8. The predicted octanol–water partition coefficient (Wildman–Crippen LogP) is 7.95. The first-order valence-electron chi connectivity index (χ1n) is 11.8. The van der Waals surface area contributed by atoms with Crippen LogP contribution in [0.2, 0.25) is 0 Å². The lowest BCUT2D eigenvalue weighted by molar-refractivity contribution is 0.247. The summed E-state index contributed by atoms with van der Waals surface area (Å²) < 4.78 is 17.6. The van der Waals surface area contributed by atoms with Gasteiger partial charge in [-0.15, -0.1) is 0 Å². The van der Waals surface area contributed by atoms with Gasteiger partial charge < -0.3 is 14.2 Å². The van der Waals surface area contributed by atoms with Gasteiger partial charge in [0.25, 0.3) is 0 Å². The Morgan fingerprint density at radius 1 is 0.571 bits per heavy atom. The third-order valence-corrected chi connectivity index (χ3v) is 5.16. The number of rotatable bonds is 19. The second-order valence-electron chi connectivity index (χ2n) is 7.73. The lowest BCUT2D eigenvalue weighted by Crippen LogP contribution is -2.04. The molecule has 1 aromatic carbocycles. The molecule has 3 nitrogen and oxygen atoms in total. The van der Waals surface area contributed by atoms with Gasteiger partial charge in [0, 0.05) is 0 Å². The first-order valence-corrected chi connectivity index (χ1v) is 11.8. The normalized spacial score (nSPS) is 10.8. The van der Waals surface area contributed by atoms with Crippen LogP contribution in [0.15, 0.2) is 18.2 Å². The van der Waals surface area contributed by atoms with Gasteiger partial charge in [-0.3, -0.25) is 0 Å². The van der Waals surface area contributed by atoms with Crippen LogP contribution in [0.4, 0.5) is 0 Å². The van der Waals surface area contributed by atoms with Crippen molar-refractivity contribution in [2.45, 2.75) is 104 Å². The van der Waals surface area contributed by atoms with E-state index in [1.165, 1.54) is 77.0 Å². The minimum Gasteiger partial charge on any atom is -0.493 e. The Morgan fingerprint density at radius 2 is 1.04 bits per heavy atom. The van der Waals surface area contributed by atoms with Crippen molar-refractivity contribution in [3.8, 4) is 17.2 Å². The van der Waals surface area contributed by atoms with Crippen LogP contribution in [0.1, 0.15) is 104 Å². The number of hydrogen-bond donors (Lipinski definition) is 0. The van der Waals surface area contributed by atoms with Crippen molar-refractivity contribution >= 4 is 0 Å². The molecule has 0 heterocycles. The van der Waals surface area contributed by atoms with E-state index in [4.69, 9.17) is 14.2 Å². The highest BCUT2D eigenvalue weighted by Gasteiger charge is 2.12. The molecule has 0 aliphatic heterocycles. The van der Waals surface area contributed by atoms with Crippen LogP contribution in [0.3, 0.4) is 0 Å². The van der Waals surface area contributed by atoms with Crippen LogP contribution in [0, 0.1) is 0 Å². The van der Waals surface area contributed by atoms with Crippen molar-refractivity contribution in [3.63, 3.8) is 0 Å². The van der Waals surface area contributed by atoms with E-state index in [2.05, 4.69) is 13.8 Å². The molecule has 0 aliphatic carbocycles. The Bertz CT molecular complexity index is 473. The fourth-order valence-corrected chi connectivity index (χ4v) is 3.39. The standard InChI is InChI=1S/C25H44O3/c1-4-6-8-10-12-14-16-21-27-24-20-18-19-23(26-3)25(24)28-22-17-15-13-11-9-7-5-2/h18-20H,4-17,21-22H2,1-3H3. The van der Waals surface area contributed by atoms with Gasteiger partial charge in [-0.25, -0.2) is 0 Å². The van der Waals surface area contributed by atoms with Gasteiger partial charge in [0.1, 0.15) is 0 Å². The molecule has 0 atom stereocenters. The Balaban J connectivity index is 2.29. The van der Waals surface area contributed by atoms with Crippen molar-refractivity contribution < 1.29 is 14.2 Å². The largest absolute Gasteiger partial charge is 0.493 e. The molecule has 0 aliphatic rings. The highest BCUT2D eigenvalue weighted by molar-refractivity contribution is 5.51. The van der Waals surface area contributed by atoms with Crippen LogP contribution >= 0.6 is 0 Å². The average Bonchev–Trinajstić information content (AvgIpc) is 2.72. The van der Waals surface area contributed by atoms with Crippen molar-refractivity contribution in [2.75, 3.05) is 20.3 Å². The average molecular weight is 393 g/mol. The zero-order chi connectivity index (χ0) is 20.3. The predicted molar refractivity (Wildman–Crippen MR) is 120 cm³/mol. The van der Waals surface area contributed by atoms with Gasteiger partial charge >= 0.3 is 0 Å². The van der Waals surface area contributed by atoms with E-state index in [0.717, 1.165) is 43.3 Å². The summed E-state index contributed by atoms with van der Waals surface area (Å²) >= 11 is 0. The minimum absolute atomic E-state index is 0.724. The lowest BCUT2D eigenvalue weighted by Gasteiger charge is -2.15. The van der Waals surface area contributed by atoms with Crippen LogP contribution in [-0.2, 0) is 0 Å². The van der Waals surface area contributed by atoms with Crippen molar-refractivity contribution in [3.05, 3.63) is 18.2 Å². The number of unbranched alkanes of at least 4 members (excludes halogenated alkanes) is 12. The number of benzene rings is 1. The molecule has 0 spiro atoms. The SMILES string of the molecule is CCCCCCCCCOc1cccc(OC)c1OCCCCCCCCC. The van der Waals surface area contributed by atoms with Crippen LogP contribution < -0.4 is 14.2 Å². The summed E-state index contributed by atoms with van der Waals surface area (Å²) in [5, 5.41) is 0. The van der Waals surface area contributed by atoms with Crippen molar-refractivity contribution in [1.29, 1.82) is 0 Å². The van der Waals surface area contributed by atoms with Gasteiger partial charge in [0.15, 0.2) is 11.5 Å². The summed E-state index contributed by atoms with van der Waals surface area (Å²) in [6, 6.07) is 5.91. The fraction of sp³-hybridized carbons (Fsp3) is 0.760. The van der Waals surface area contributed by atoms with Crippen LogP contribution in [0.5, 0.6) is 17.2 Å². The van der Waals surface area contributed by atoms with Gasteiger partial charge in [-0.1, -0.05) is 97.0 Å².